The van der Waals surface area contributed by atoms with Crippen molar-refractivity contribution in [1.29, 1.82) is 0 Å². The molecule has 22 heavy (non-hydrogen) atoms. The van der Waals surface area contributed by atoms with E-state index in [9.17, 15) is 9.59 Å². The lowest BCUT2D eigenvalue weighted by molar-refractivity contribution is -0.122. The van der Waals surface area contributed by atoms with Crippen LogP contribution in [0.2, 0.25) is 5.02 Å². The summed E-state index contributed by atoms with van der Waals surface area (Å²) in [4.78, 5) is 26.3. The van der Waals surface area contributed by atoms with Gasteiger partial charge in [-0.1, -0.05) is 48.9 Å². The molecule has 1 saturated heterocycles. The summed E-state index contributed by atoms with van der Waals surface area (Å²) in [6.45, 7) is 2.00. The fourth-order valence-corrected chi connectivity index (χ4v) is 3.02. The number of anilines is 1. The van der Waals surface area contributed by atoms with Crippen LogP contribution in [0.15, 0.2) is 54.6 Å². The van der Waals surface area contributed by atoms with Crippen LogP contribution in [-0.2, 0) is 9.59 Å². The van der Waals surface area contributed by atoms with E-state index in [0.717, 1.165) is 5.56 Å². The molecule has 0 radical (unpaired) electrons. The monoisotopic (exact) mass is 313 g/mol. The Morgan fingerprint density at radius 3 is 2.32 bits per heavy atom. The quantitative estimate of drug-likeness (QED) is 0.802. The Morgan fingerprint density at radius 2 is 1.68 bits per heavy atom. The average molecular weight is 314 g/mol. The zero-order valence-corrected chi connectivity index (χ0v) is 13.0. The van der Waals surface area contributed by atoms with Crippen molar-refractivity contribution >= 4 is 29.1 Å². The summed E-state index contributed by atoms with van der Waals surface area (Å²) in [6, 6.07) is 16.6. The Bertz CT molecular complexity index is 697. The fourth-order valence-electron chi connectivity index (χ4n) is 2.90. The third kappa shape index (κ3) is 2.64. The van der Waals surface area contributed by atoms with Gasteiger partial charge in [-0.2, -0.15) is 0 Å². The molecule has 3 nitrogen and oxygen atoms in total. The Balaban J connectivity index is 1.87. The van der Waals surface area contributed by atoms with Crippen molar-refractivity contribution < 1.29 is 9.59 Å². The van der Waals surface area contributed by atoms with Gasteiger partial charge in [-0.05, 0) is 35.7 Å². The van der Waals surface area contributed by atoms with E-state index in [2.05, 4.69) is 0 Å². The molecule has 2 amide bonds. The number of hydrogen-bond acceptors (Lipinski definition) is 2. The number of halogens is 1. The van der Waals surface area contributed by atoms with Gasteiger partial charge < -0.3 is 0 Å². The first-order valence-corrected chi connectivity index (χ1v) is 7.63. The molecule has 4 heteroatoms. The van der Waals surface area contributed by atoms with Gasteiger partial charge in [-0.15, -0.1) is 0 Å². The van der Waals surface area contributed by atoms with E-state index < -0.39 is 0 Å². The first-order valence-electron chi connectivity index (χ1n) is 7.25. The molecule has 0 spiro atoms. The molecule has 0 aliphatic carbocycles. The van der Waals surface area contributed by atoms with Gasteiger partial charge in [-0.3, -0.25) is 14.5 Å². The van der Waals surface area contributed by atoms with E-state index in [4.69, 9.17) is 11.6 Å². The summed E-state index contributed by atoms with van der Waals surface area (Å²) < 4.78 is 0. The number of amides is 2. The highest BCUT2D eigenvalue weighted by atomic mass is 35.5. The third-order valence-electron chi connectivity index (χ3n) is 4.20. The lowest BCUT2D eigenvalue weighted by atomic mass is 9.86. The van der Waals surface area contributed by atoms with Crippen LogP contribution in [-0.4, -0.2) is 11.8 Å². The van der Waals surface area contributed by atoms with Crippen LogP contribution in [0.3, 0.4) is 0 Å². The van der Waals surface area contributed by atoms with Crippen LogP contribution in [0, 0.1) is 5.92 Å². The molecule has 2 aromatic carbocycles. The number of hydrogen-bond donors (Lipinski definition) is 0. The number of carbonyl (C=O) groups is 2. The third-order valence-corrected chi connectivity index (χ3v) is 4.45. The maximum Gasteiger partial charge on any atom is 0.237 e. The summed E-state index contributed by atoms with van der Waals surface area (Å²) in [7, 11) is 0. The van der Waals surface area contributed by atoms with Crippen molar-refractivity contribution in [3.8, 4) is 0 Å². The minimum atomic E-state index is -0.314. The topological polar surface area (TPSA) is 37.4 Å². The van der Waals surface area contributed by atoms with Gasteiger partial charge in [0.25, 0.3) is 0 Å². The minimum Gasteiger partial charge on any atom is -0.274 e. The van der Waals surface area contributed by atoms with E-state index in [-0.39, 0.29) is 30.1 Å². The van der Waals surface area contributed by atoms with E-state index in [1.54, 1.807) is 24.3 Å². The van der Waals surface area contributed by atoms with Gasteiger partial charge in [-0.25, -0.2) is 0 Å². The number of benzene rings is 2. The first-order chi connectivity index (χ1) is 10.6. The predicted molar refractivity (Wildman–Crippen MR) is 86.9 cm³/mol. The largest absolute Gasteiger partial charge is 0.274 e. The standard InChI is InChI=1S/C18H16ClNO2/c1-12(13-5-3-2-4-6-13)16-11-17(21)20(18(16)22)15-9-7-14(19)8-10-15/h2-10,12,16H,11H2,1H3/t12-,16+/m0/s1. The SMILES string of the molecule is C[C@@H](c1ccccc1)[C@H]1CC(=O)N(c2ccc(Cl)cc2)C1=O. The van der Waals surface area contributed by atoms with E-state index >= 15 is 0 Å². The lowest BCUT2D eigenvalue weighted by Crippen LogP contribution is -2.31. The predicted octanol–water partition coefficient (Wildman–Crippen LogP) is 4.02. The second-order valence-corrected chi connectivity index (χ2v) is 5.99. The summed E-state index contributed by atoms with van der Waals surface area (Å²) in [5.41, 5.74) is 1.66. The van der Waals surface area contributed by atoms with Crippen LogP contribution in [0.1, 0.15) is 24.8 Å². The Hall–Kier alpha value is -2.13. The molecule has 112 valence electrons. The first kappa shape index (κ1) is 14.8. The van der Waals surface area contributed by atoms with Crippen molar-refractivity contribution in [2.75, 3.05) is 4.90 Å². The van der Waals surface area contributed by atoms with Gasteiger partial charge in [0, 0.05) is 11.4 Å². The van der Waals surface area contributed by atoms with Crippen molar-refractivity contribution in [3.05, 3.63) is 65.2 Å². The molecule has 0 bridgehead atoms. The van der Waals surface area contributed by atoms with Crippen LogP contribution in [0.5, 0.6) is 0 Å². The molecule has 0 unspecified atom stereocenters. The summed E-state index contributed by atoms with van der Waals surface area (Å²) in [5.74, 6) is -0.593. The minimum absolute atomic E-state index is 0.00921. The van der Waals surface area contributed by atoms with Crippen molar-refractivity contribution in [1.82, 2.24) is 0 Å². The molecular weight excluding hydrogens is 298 g/mol. The summed E-state index contributed by atoms with van der Waals surface area (Å²) >= 11 is 5.86. The molecule has 1 aliphatic heterocycles. The normalized spacial score (nSPS) is 19.5. The van der Waals surface area contributed by atoms with Crippen molar-refractivity contribution in [2.45, 2.75) is 19.3 Å². The molecule has 2 aromatic rings. The van der Waals surface area contributed by atoms with Crippen LogP contribution < -0.4 is 4.90 Å². The molecule has 3 rings (SSSR count). The fraction of sp³-hybridized carbons (Fsp3) is 0.222. The second kappa shape index (κ2) is 5.93. The zero-order valence-electron chi connectivity index (χ0n) is 12.2. The summed E-state index contributed by atoms with van der Waals surface area (Å²) in [5, 5.41) is 0.581. The van der Waals surface area contributed by atoms with Crippen LogP contribution in [0.25, 0.3) is 0 Å². The molecular formula is C18H16ClNO2. The lowest BCUT2D eigenvalue weighted by Gasteiger charge is -2.19. The summed E-state index contributed by atoms with van der Waals surface area (Å²) in [6.07, 6.45) is 0.248. The van der Waals surface area contributed by atoms with Gasteiger partial charge in [0.05, 0.1) is 11.6 Å². The highest BCUT2D eigenvalue weighted by molar-refractivity contribution is 6.30. The number of nitrogens with zero attached hydrogens (tertiary/aromatic N) is 1. The van der Waals surface area contributed by atoms with E-state index in [1.165, 1.54) is 4.90 Å². The molecule has 0 aromatic heterocycles. The van der Waals surface area contributed by atoms with Crippen LogP contribution >= 0.6 is 11.6 Å². The number of imide groups is 1. The maximum atomic E-state index is 12.7. The number of carbonyl (C=O) groups excluding carboxylic acids is 2. The number of rotatable bonds is 3. The molecule has 0 N–H and O–H groups in total. The highest BCUT2D eigenvalue weighted by Crippen LogP contribution is 2.35. The Labute approximate surface area is 134 Å². The zero-order chi connectivity index (χ0) is 15.7. The van der Waals surface area contributed by atoms with Crippen LogP contribution in [0.4, 0.5) is 5.69 Å². The van der Waals surface area contributed by atoms with Crippen molar-refractivity contribution in [2.24, 2.45) is 5.92 Å². The molecule has 2 atom stereocenters. The van der Waals surface area contributed by atoms with Crippen molar-refractivity contribution in [3.63, 3.8) is 0 Å². The smallest absolute Gasteiger partial charge is 0.237 e. The Kier molecular flexibility index (Phi) is 3.99. The van der Waals surface area contributed by atoms with E-state index in [1.807, 2.05) is 37.3 Å². The maximum absolute atomic E-state index is 12.7. The van der Waals surface area contributed by atoms with Gasteiger partial charge in [0.1, 0.15) is 0 Å². The van der Waals surface area contributed by atoms with Gasteiger partial charge in [0.15, 0.2) is 0 Å². The molecule has 1 aliphatic rings. The molecule has 1 heterocycles. The highest BCUT2D eigenvalue weighted by Gasteiger charge is 2.42. The van der Waals surface area contributed by atoms with E-state index in [0.29, 0.717) is 10.7 Å². The van der Waals surface area contributed by atoms with Gasteiger partial charge >= 0.3 is 0 Å². The Morgan fingerprint density at radius 1 is 1.05 bits per heavy atom. The van der Waals surface area contributed by atoms with Gasteiger partial charge in [0.2, 0.25) is 11.8 Å². The second-order valence-electron chi connectivity index (χ2n) is 5.55. The molecule has 0 saturated carbocycles. The average Bonchev–Trinajstić information content (AvgIpc) is 2.83. The molecule has 1 fully saturated rings.